The number of amides is 1. The van der Waals surface area contributed by atoms with Gasteiger partial charge >= 0.3 is 0 Å². The third-order valence-corrected chi connectivity index (χ3v) is 3.79. The number of H-pyrrole nitrogens is 1. The molecule has 0 aromatic carbocycles. The first-order valence-electron chi connectivity index (χ1n) is 5.70. The number of hydrogen-bond donors (Lipinski definition) is 2. The zero-order valence-corrected chi connectivity index (χ0v) is 10.1. The van der Waals surface area contributed by atoms with Gasteiger partial charge in [0.2, 0.25) is 0 Å². The Balaban J connectivity index is 1.77. The van der Waals surface area contributed by atoms with E-state index in [0.29, 0.717) is 11.5 Å². The Kier molecular flexibility index (Phi) is 2.68. The van der Waals surface area contributed by atoms with Gasteiger partial charge in [-0.05, 0) is 30.2 Å². The molecule has 4 nitrogen and oxygen atoms in total. The average Bonchev–Trinajstić information content (AvgIpc) is 2.84. The summed E-state index contributed by atoms with van der Waals surface area (Å²) >= 11 is 1.60. The molecule has 1 aliphatic rings. The SMILES string of the molecule is O=C(NCC1CC1)c1cn[nH]c1-c1cccs1. The summed E-state index contributed by atoms with van der Waals surface area (Å²) in [5.74, 6) is 0.657. The van der Waals surface area contributed by atoms with E-state index in [9.17, 15) is 4.79 Å². The molecule has 0 aliphatic heterocycles. The molecule has 88 valence electrons. The van der Waals surface area contributed by atoms with Crippen LogP contribution in [0.3, 0.4) is 0 Å². The number of carbonyl (C=O) groups excluding carboxylic acids is 1. The predicted molar refractivity (Wildman–Crippen MR) is 67.0 cm³/mol. The molecule has 0 unspecified atom stereocenters. The number of rotatable bonds is 4. The first kappa shape index (κ1) is 10.5. The number of hydrogen-bond acceptors (Lipinski definition) is 3. The Morgan fingerprint density at radius 1 is 1.59 bits per heavy atom. The van der Waals surface area contributed by atoms with Crippen LogP contribution < -0.4 is 5.32 Å². The fourth-order valence-corrected chi connectivity index (χ4v) is 2.46. The largest absolute Gasteiger partial charge is 0.352 e. The van der Waals surface area contributed by atoms with Crippen LogP contribution in [0, 0.1) is 5.92 Å². The van der Waals surface area contributed by atoms with Crippen LogP contribution in [0.4, 0.5) is 0 Å². The van der Waals surface area contributed by atoms with E-state index in [1.165, 1.54) is 12.8 Å². The third kappa shape index (κ3) is 2.24. The van der Waals surface area contributed by atoms with Crippen LogP contribution in [-0.2, 0) is 0 Å². The molecule has 0 radical (unpaired) electrons. The number of aromatic nitrogens is 2. The highest BCUT2D eigenvalue weighted by Gasteiger charge is 2.23. The van der Waals surface area contributed by atoms with Crippen molar-refractivity contribution in [2.75, 3.05) is 6.54 Å². The maximum Gasteiger partial charge on any atom is 0.255 e. The van der Waals surface area contributed by atoms with Gasteiger partial charge in [-0.2, -0.15) is 5.10 Å². The lowest BCUT2D eigenvalue weighted by molar-refractivity contribution is 0.0952. The van der Waals surface area contributed by atoms with Gasteiger partial charge in [-0.15, -0.1) is 11.3 Å². The monoisotopic (exact) mass is 247 g/mol. The second-order valence-electron chi connectivity index (χ2n) is 4.29. The lowest BCUT2D eigenvalue weighted by Gasteiger charge is -2.03. The molecule has 0 spiro atoms. The van der Waals surface area contributed by atoms with Crippen molar-refractivity contribution in [3.05, 3.63) is 29.3 Å². The fourth-order valence-electron chi connectivity index (χ4n) is 1.72. The van der Waals surface area contributed by atoms with Crippen molar-refractivity contribution in [2.24, 2.45) is 5.92 Å². The van der Waals surface area contributed by atoms with Crippen LogP contribution in [0.1, 0.15) is 23.2 Å². The predicted octanol–water partition coefficient (Wildman–Crippen LogP) is 2.28. The van der Waals surface area contributed by atoms with Crippen molar-refractivity contribution in [1.82, 2.24) is 15.5 Å². The molecule has 2 heterocycles. The first-order chi connectivity index (χ1) is 8.34. The Morgan fingerprint density at radius 2 is 2.47 bits per heavy atom. The molecule has 2 aromatic rings. The van der Waals surface area contributed by atoms with Crippen molar-refractivity contribution < 1.29 is 4.79 Å². The minimum atomic E-state index is -0.0333. The van der Waals surface area contributed by atoms with Crippen LogP contribution in [-0.4, -0.2) is 22.6 Å². The lowest BCUT2D eigenvalue weighted by Crippen LogP contribution is -2.25. The van der Waals surface area contributed by atoms with Gasteiger partial charge in [0.1, 0.15) is 0 Å². The molecular formula is C12H13N3OS. The molecule has 0 atom stereocenters. The van der Waals surface area contributed by atoms with Gasteiger partial charge in [0.25, 0.3) is 5.91 Å². The highest BCUT2D eigenvalue weighted by Crippen LogP contribution is 2.28. The van der Waals surface area contributed by atoms with Gasteiger partial charge in [0, 0.05) is 6.54 Å². The van der Waals surface area contributed by atoms with E-state index in [1.807, 2.05) is 17.5 Å². The van der Waals surface area contributed by atoms with Gasteiger partial charge in [0.15, 0.2) is 0 Å². The Hall–Kier alpha value is -1.62. The van der Waals surface area contributed by atoms with E-state index in [1.54, 1.807) is 17.5 Å². The van der Waals surface area contributed by atoms with Crippen molar-refractivity contribution in [2.45, 2.75) is 12.8 Å². The normalized spacial score (nSPS) is 14.8. The third-order valence-electron chi connectivity index (χ3n) is 2.90. The molecule has 0 saturated heterocycles. The summed E-state index contributed by atoms with van der Waals surface area (Å²) in [5.41, 5.74) is 1.45. The van der Waals surface area contributed by atoms with Crippen molar-refractivity contribution in [3.8, 4) is 10.6 Å². The molecule has 2 aromatic heterocycles. The number of nitrogens with zero attached hydrogens (tertiary/aromatic N) is 1. The second kappa shape index (κ2) is 4.33. The quantitative estimate of drug-likeness (QED) is 0.870. The molecule has 1 saturated carbocycles. The summed E-state index contributed by atoms with van der Waals surface area (Å²) in [7, 11) is 0. The summed E-state index contributed by atoms with van der Waals surface area (Å²) < 4.78 is 0. The molecular weight excluding hydrogens is 234 g/mol. The number of thiophene rings is 1. The molecule has 1 aliphatic carbocycles. The van der Waals surface area contributed by atoms with Crippen molar-refractivity contribution in [3.63, 3.8) is 0 Å². The maximum absolute atomic E-state index is 12.0. The molecule has 0 bridgehead atoms. The van der Waals surface area contributed by atoms with Crippen LogP contribution in [0.15, 0.2) is 23.7 Å². The standard InChI is InChI=1S/C12H13N3OS/c16-12(13-6-8-3-4-8)9-7-14-15-11(9)10-2-1-5-17-10/h1-2,5,7-8H,3-4,6H2,(H,13,16)(H,14,15). The minimum absolute atomic E-state index is 0.0333. The summed E-state index contributed by atoms with van der Waals surface area (Å²) in [6.45, 7) is 0.786. The molecule has 1 amide bonds. The Morgan fingerprint density at radius 3 is 3.18 bits per heavy atom. The average molecular weight is 247 g/mol. The van der Waals surface area contributed by atoms with Crippen LogP contribution >= 0.6 is 11.3 Å². The van der Waals surface area contributed by atoms with Gasteiger partial charge < -0.3 is 5.32 Å². The van der Waals surface area contributed by atoms with E-state index in [4.69, 9.17) is 0 Å². The number of nitrogens with one attached hydrogen (secondary N) is 2. The topological polar surface area (TPSA) is 57.8 Å². The molecule has 17 heavy (non-hydrogen) atoms. The summed E-state index contributed by atoms with van der Waals surface area (Å²) in [6, 6.07) is 3.95. The summed E-state index contributed by atoms with van der Waals surface area (Å²) in [4.78, 5) is 13.0. The second-order valence-corrected chi connectivity index (χ2v) is 5.24. The molecule has 2 N–H and O–H groups in total. The summed E-state index contributed by atoms with van der Waals surface area (Å²) in [5, 5.41) is 11.8. The number of carbonyl (C=O) groups is 1. The van der Waals surface area contributed by atoms with Gasteiger partial charge in [-0.25, -0.2) is 0 Å². The summed E-state index contributed by atoms with van der Waals surface area (Å²) in [6.07, 6.45) is 4.07. The Bertz CT molecular complexity index is 514. The van der Waals surface area contributed by atoms with E-state index in [2.05, 4.69) is 15.5 Å². The smallest absolute Gasteiger partial charge is 0.255 e. The number of aromatic amines is 1. The van der Waals surface area contributed by atoms with Crippen molar-refractivity contribution >= 4 is 17.2 Å². The van der Waals surface area contributed by atoms with Gasteiger partial charge in [-0.1, -0.05) is 6.07 Å². The highest BCUT2D eigenvalue weighted by atomic mass is 32.1. The van der Waals surface area contributed by atoms with E-state index in [-0.39, 0.29) is 5.91 Å². The van der Waals surface area contributed by atoms with Crippen LogP contribution in [0.25, 0.3) is 10.6 Å². The van der Waals surface area contributed by atoms with Gasteiger partial charge in [-0.3, -0.25) is 9.89 Å². The van der Waals surface area contributed by atoms with E-state index >= 15 is 0 Å². The molecule has 3 rings (SSSR count). The van der Waals surface area contributed by atoms with Crippen molar-refractivity contribution in [1.29, 1.82) is 0 Å². The lowest BCUT2D eigenvalue weighted by atomic mass is 10.2. The minimum Gasteiger partial charge on any atom is -0.352 e. The zero-order chi connectivity index (χ0) is 11.7. The highest BCUT2D eigenvalue weighted by molar-refractivity contribution is 7.13. The molecule has 1 fully saturated rings. The van der Waals surface area contributed by atoms with Gasteiger partial charge in [0.05, 0.1) is 22.3 Å². The van der Waals surface area contributed by atoms with Crippen LogP contribution in [0.5, 0.6) is 0 Å². The molecule has 5 heteroatoms. The first-order valence-corrected chi connectivity index (χ1v) is 6.58. The van der Waals surface area contributed by atoms with E-state index < -0.39 is 0 Å². The Labute approximate surface area is 103 Å². The maximum atomic E-state index is 12.0. The fraction of sp³-hybridized carbons (Fsp3) is 0.333. The van der Waals surface area contributed by atoms with E-state index in [0.717, 1.165) is 17.1 Å². The zero-order valence-electron chi connectivity index (χ0n) is 9.27. The van der Waals surface area contributed by atoms with Crippen LogP contribution in [0.2, 0.25) is 0 Å².